The Morgan fingerprint density at radius 1 is 1.00 bits per heavy atom. The van der Waals surface area contributed by atoms with Crippen molar-refractivity contribution in [2.45, 2.75) is 32.9 Å². The van der Waals surface area contributed by atoms with Gasteiger partial charge in [-0.1, -0.05) is 84.1 Å². The van der Waals surface area contributed by atoms with Crippen molar-refractivity contribution in [1.82, 2.24) is 4.57 Å². The minimum absolute atomic E-state index is 0.0786. The summed E-state index contributed by atoms with van der Waals surface area (Å²) < 4.78 is 13.4. The SMILES string of the molecule is CCOC(=O)C1=C(c2ccccc2)N=c2s/c(=C\c3ccc(OC(C)C)cc3)c(=O)n2[C@H]1c1ccccc1. The molecule has 1 aliphatic heterocycles. The number of carbonyl (C=O) groups excluding carboxylic acids is 1. The topological polar surface area (TPSA) is 69.9 Å². The lowest BCUT2D eigenvalue weighted by Crippen LogP contribution is -2.39. The van der Waals surface area contributed by atoms with Gasteiger partial charge in [0.1, 0.15) is 5.75 Å². The Morgan fingerprint density at radius 3 is 2.29 bits per heavy atom. The predicted octanol–water partition coefficient (Wildman–Crippen LogP) is 4.72. The summed E-state index contributed by atoms with van der Waals surface area (Å²) in [5.41, 5.74) is 3.12. The number of hydrogen-bond acceptors (Lipinski definition) is 6. The quantitative estimate of drug-likeness (QED) is 0.328. The van der Waals surface area contributed by atoms with Crippen LogP contribution in [-0.4, -0.2) is 23.2 Å². The molecule has 0 N–H and O–H groups in total. The Labute approximate surface area is 224 Å². The van der Waals surface area contributed by atoms with E-state index in [4.69, 9.17) is 14.5 Å². The lowest BCUT2D eigenvalue weighted by atomic mass is 9.93. The van der Waals surface area contributed by atoms with Crippen LogP contribution in [0.4, 0.5) is 0 Å². The molecule has 2 heterocycles. The van der Waals surface area contributed by atoms with Crippen LogP contribution in [0.15, 0.2) is 100 Å². The van der Waals surface area contributed by atoms with E-state index in [9.17, 15) is 9.59 Å². The van der Waals surface area contributed by atoms with Gasteiger partial charge in [0.2, 0.25) is 0 Å². The maximum absolute atomic E-state index is 13.9. The average Bonchev–Trinajstić information content (AvgIpc) is 3.24. The summed E-state index contributed by atoms with van der Waals surface area (Å²) in [6.45, 7) is 5.94. The molecule has 5 rings (SSSR count). The zero-order valence-corrected chi connectivity index (χ0v) is 22.3. The minimum Gasteiger partial charge on any atom is -0.491 e. The molecule has 7 heteroatoms. The molecular formula is C31H28N2O4S. The normalized spacial score (nSPS) is 15.3. The largest absolute Gasteiger partial charge is 0.491 e. The summed E-state index contributed by atoms with van der Waals surface area (Å²) in [6, 6.07) is 26.0. The fourth-order valence-electron chi connectivity index (χ4n) is 4.46. The average molecular weight is 525 g/mol. The number of benzene rings is 3. The molecule has 3 aromatic carbocycles. The molecule has 6 nitrogen and oxygen atoms in total. The van der Waals surface area contributed by atoms with Gasteiger partial charge in [-0.15, -0.1) is 0 Å². The van der Waals surface area contributed by atoms with Gasteiger partial charge in [-0.25, -0.2) is 9.79 Å². The third-order valence-electron chi connectivity index (χ3n) is 6.04. The highest BCUT2D eigenvalue weighted by molar-refractivity contribution is 7.07. The summed E-state index contributed by atoms with van der Waals surface area (Å²) in [7, 11) is 0. The Balaban J connectivity index is 1.73. The summed E-state index contributed by atoms with van der Waals surface area (Å²) >= 11 is 1.31. The number of fused-ring (bicyclic) bond motifs is 1. The Morgan fingerprint density at radius 2 is 1.66 bits per heavy atom. The fourth-order valence-corrected chi connectivity index (χ4v) is 5.46. The maximum Gasteiger partial charge on any atom is 0.338 e. The number of ether oxygens (including phenoxy) is 2. The Kier molecular flexibility index (Phi) is 7.38. The van der Waals surface area contributed by atoms with Crippen molar-refractivity contribution in [2.75, 3.05) is 6.61 Å². The summed E-state index contributed by atoms with van der Waals surface area (Å²) in [5, 5.41) is 0. The molecule has 0 bridgehead atoms. The number of esters is 1. The van der Waals surface area contributed by atoms with E-state index in [-0.39, 0.29) is 18.3 Å². The van der Waals surface area contributed by atoms with Gasteiger partial charge in [-0.05, 0) is 50.1 Å². The lowest BCUT2D eigenvalue weighted by Gasteiger charge is -2.25. The Hall–Kier alpha value is -4.23. The monoisotopic (exact) mass is 524 g/mol. The smallest absolute Gasteiger partial charge is 0.338 e. The van der Waals surface area contributed by atoms with E-state index in [1.807, 2.05) is 105 Å². The number of rotatable bonds is 7. The minimum atomic E-state index is -0.675. The lowest BCUT2D eigenvalue weighted by molar-refractivity contribution is -0.138. The van der Waals surface area contributed by atoms with Crippen LogP contribution in [0.1, 0.15) is 43.5 Å². The molecule has 0 saturated carbocycles. The van der Waals surface area contributed by atoms with Gasteiger partial charge in [0.05, 0.1) is 34.6 Å². The van der Waals surface area contributed by atoms with Gasteiger partial charge < -0.3 is 9.47 Å². The van der Waals surface area contributed by atoms with E-state index in [1.54, 1.807) is 11.5 Å². The standard InChI is InChI=1S/C31H28N2O4S/c1-4-36-30(35)26-27(22-11-7-5-8-12-22)32-31-33(28(26)23-13-9-6-10-14-23)29(34)25(38-31)19-21-15-17-24(18-16-21)37-20(2)3/h5-20,28H,4H2,1-3H3/b25-19-/t28-/m0/s1. The molecule has 1 atom stereocenters. The first-order valence-corrected chi connectivity index (χ1v) is 13.4. The molecule has 1 aromatic heterocycles. The number of thiazole rings is 1. The van der Waals surface area contributed by atoms with Gasteiger partial charge >= 0.3 is 5.97 Å². The first kappa shape index (κ1) is 25.4. The fraction of sp³-hybridized carbons (Fsp3) is 0.194. The molecular weight excluding hydrogens is 496 g/mol. The highest BCUT2D eigenvalue weighted by atomic mass is 32.1. The van der Waals surface area contributed by atoms with Gasteiger partial charge in [0, 0.05) is 5.56 Å². The summed E-state index contributed by atoms with van der Waals surface area (Å²) in [6.07, 6.45) is 1.93. The van der Waals surface area contributed by atoms with Crippen molar-refractivity contribution in [3.63, 3.8) is 0 Å². The van der Waals surface area contributed by atoms with Crippen LogP contribution >= 0.6 is 11.3 Å². The molecule has 0 spiro atoms. The van der Waals surface area contributed by atoms with Crippen LogP contribution in [0.25, 0.3) is 11.8 Å². The third-order valence-corrected chi connectivity index (χ3v) is 7.02. The zero-order valence-electron chi connectivity index (χ0n) is 21.5. The third kappa shape index (κ3) is 5.10. The van der Waals surface area contributed by atoms with Crippen LogP contribution < -0.4 is 19.6 Å². The first-order chi connectivity index (χ1) is 18.5. The van der Waals surface area contributed by atoms with Gasteiger partial charge in [-0.2, -0.15) is 0 Å². The van der Waals surface area contributed by atoms with Crippen molar-refractivity contribution < 1.29 is 14.3 Å². The first-order valence-electron chi connectivity index (χ1n) is 12.6. The van der Waals surface area contributed by atoms with E-state index in [2.05, 4.69) is 0 Å². The Bertz CT molecular complexity index is 1650. The number of nitrogens with zero attached hydrogens (tertiary/aromatic N) is 2. The number of hydrogen-bond donors (Lipinski definition) is 0. The van der Waals surface area contributed by atoms with Crippen LogP contribution in [0.5, 0.6) is 5.75 Å². The molecule has 1 aliphatic rings. The van der Waals surface area contributed by atoms with Crippen molar-refractivity contribution in [3.05, 3.63) is 127 Å². The van der Waals surface area contributed by atoms with Gasteiger partial charge in [0.15, 0.2) is 4.80 Å². The molecule has 4 aromatic rings. The molecule has 0 saturated heterocycles. The zero-order chi connectivity index (χ0) is 26.6. The van der Waals surface area contributed by atoms with Crippen molar-refractivity contribution in [1.29, 1.82) is 0 Å². The number of aromatic nitrogens is 1. The molecule has 0 aliphatic carbocycles. The summed E-state index contributed by atoms with van der Waals surface area (Å²) in [5.74, 6) is 0.285. The predicted molar refractivity (Wildman–Crippen MR) is 150 cm³/mol. The van der Waals surface area contributed by atoms with E-state index >= 15 is 0 Å². The van der Waals surface area contributed by atoms with Crippen LogP contribution in [0.2, 0.25) is 0 Å². The highest BCUT2D eigenvalue weighted by Crippen LogP contribution is 2.35. The van der Waals surface area contributed by atoms with Crippen molar-refractivity contribution in [3.8, 4) is 5.75 Å². The van der Waals surface area contributed by atoms with Crippen molar-refractivity contribution in [2.24, 2.45) is 4.99 Å². The van der Waals surface area contributed by atoms with Crippen LogP contribution in [0, 0.1) is 0 Å². The van der Waals surface area contributed by atoms with E-state index in [1.165, 1.54) is 11.3 Å². The molecule has 0 unspecified atom stereocenters. The van der Waals surface area contributed by atoms with E-state index < -0.39 is 12.0 Å². The highest BCUT2D eigenvalue weighted by Gasteiger charge is 2.35. The molecule has 0 fully saturated rings. The second-order valence-electron chi connectivity index (χ2n) is 9.08. The molecule has 192 valence electrons. The molecule has 0 radical (unpaired) electrons. The van der Waals surface area contributed by atoms with Crippen LogP contribution in [0.3, 0.4) is 0 Å². The van der Waals surface area contributed by atoms with Gasteiger partial charge in [0.25, 0.3) is 5.56 Å². The van der Waals surface area contributed by atoms with Crippen LogP contribution in [-0.2, 0) is 9.53 Å². The summed E-state index contributed by atoms with van der Waals surface area (Å²) in [4.78, 5) is 32.7. The second-order valence-corrected chi connectivity index (χ2v) is 10.1. The van der Waals surface area contributed by atoms with Gasteiger partial charge in [-0.3, -0.25) is 9.36 Å². The van der Waals surface area contributed by atoms with E-state index in [0.717, 1.165) is 22.4 Å². The molecule has 38 heavy (non-hydrogen) atoms. The molecule has 0 amide bonds. The maximum atomic E-state index is 13.9. The van der Waals surface area contributed by atoms with Crippen molar-refractivity contribution >= 4 is 29.1 Å². The van der Waals surface area contributed by atoms with E-state index in [0.29, 0.717) is 20.6 Å². The number of carbonyl (C=O) groups is 1. The second kappa shape index (κ2) is 11.0.